The smallest absolute Gasteiger partial charge is 0.260 e. The van der Waals surface area contributed by atoms with Crippen molar-refractivity contribution in [3.63, 3.8) is 0 Å². The van der Waals surface area contributed by atoms with Gasteiger partial charge in [-0.2, -0.15) is 4.31 Å². The molecule has 4 rings (SSSR count). The standard InChI is InChI=1S/C27H36N4O4S2/c1-18-8-13-24-25(21(18)4)28-27(36-24)31(15-7-14-29(5)6)26(32)22-9-11-23(12-10-22)37(33,34)30-16-19(2)35-20(3)17-30/h8-13,19-20H,7,14-17H2,1-6H3. The first kappa shape index (κ1) is 27.7. The van der Waals surface area contributed by atoms with Crippen LogP contribution in [0.2, 0.25) is 0 Å². The molecule has 1 aromatic heterocycles. The fourth-order valence-electron chi connectivity index (χ4n) is 4.56. The van der Waals surface area contributed by atoms with Crippen LogP contribution in [0.15, 0.2) is 41.3 Å². The molecule has 2 heterocycles. The van der Waals surface area contributed by atoms with Crippen molar-refractivity contribution in [2.75, 3.05) is 45.2 Å². The van der Waals surface area contributed by atoms with Crippen molar-refractivity contribution in [2.24, 2.45) is 0 Å². The number of fused-ring (bicyclic) bond motifs is 1. The van der Waals surface area contributed by atoms with Gasteiger partial charge in [-0.05, 0) is 96.2 Å². The quantitative estimate of drug-likeness (QED) is 0.420. The average molecular weight is 545 g/mol. The van der Waals surface area contributed by atoms with Gasteiger partial charge in [0.1, 0.15) is 0 Å². The number of carbonyl (C=O) groups excluding carboxylic acids is 1. The summed E-state index contributed by atoms with van der Waals surface area (Å²) in [6.07, 6.45) is 0.444. The molecule has 1 amide bonds. The lowest BCUT2D eigenvalue weighted by Gasteiger charge is -2.34. The minimum atomic E-state index is -3.68. The molecule has 8 nitrogen and oxygen atoms in total. The number of ether oxygens (including phenoxy) is 1. The molecule has 0 N–H and O–H groups in total. The van der Waals surface area contributed by atoms with Crippen LogP contribution in [0.25, 0.3) is 10.2 Å². The summed E-state index contributed by atoms with van der Waals surface area (Å²) in [5, 5.41) is 0.653. The highest BCUT2D eigenvalue weighted by Gasteiger charge is 2.32. The van der Waals surface area contributed by atoms with Gasteiger partial charge in [-0.25, -0.2) is 13.4 Å². The van der Waals surface area contributed by atoms with E-state index in [-0.39, 0.29) is 23.0 Å². The van der Waals surface area contributed by atoms with Crippen LogP contribution in [-0.4, -0.2) is 81.0 Å². The van der Waals surface area contributed by atoms with Crippen molar-refractivity contribution >= 4 is 42.6 Å². The zero-order valence-corrected chi connectivity index (χ0v) is 24.0. The Morgan fingerprint density at radius 1 is 1.05 bits per heavy atom. The number of hydrogen-bond donors (Lipinski definition) is 0. The highest BCUT2D eigenvalue weighted by molar-refractivity contribution is 7.89. The lowest BCUT2D eigenvalue weighted by Crippen LogP contribution is -2.48. The number of carbonyl (C=O) groups is 1. The molecular formula is C27H36N4O4S2. The van der Waals surface area contributed by atoms with E-state index in [1.807, 2.05) is 34.0 Å². The van der Waals surface area contributed by atoms with Gasteiger partial charge in [0, 0.05) is 25.2 Å². The molecule has 0 bridgehead atoms. The molecule has 0 saturated carbocycles. The summed E-state index contributed by atoms with van der Waals surface area (Å²) < 4.78 is 34.7. The van der Waals surface area contributed by atoms with Crippen LogP contribution in [0, 0.1) is 13.8 Å². The van der Waals surface area contributed by atoms with E-state index >= 15 is 0 Å². The number of nitrogens with zero attached hydrogens (tertiary/aromatic N) is 4. The largest absolute Gasteiger partial charge is 0.373 e. The molecular weight excluding hydrogens is 508 g/mol. The van der Waals surface area contributed by atoms with Gasteiger partial charge < -0.3 is 9.64 Å². The van der Waals surface area contributed by atoms with Crippen LogP contribution in [-0.2, 0) is 14.8 Å². The second kappa shape index (κ2) is 11.2. The summed E-state index contributed by atoms with van der Waals surface area (Å²) in [6, 6.07) is 10.4. The molecule has 10 heteroatoms. The van der Waals surface area contributed by atoms with E-state index < -0.39 is 10.0 Å². The van der Waals surface area contributed by atoms with Gasteiger partial charge in [0.05, 0.1) is 27.3 Å². The molecule has 37 heavy (non-hydrogen) atoms. The van der Waals surface area contributed by atoms with E-state index in [1.54, 1.807) is 17.0 Å². The maximum absolute atomic E-state index is 13.7. The number of aromatic nitrogens is 1. The third-order valence-electron chi connectivity index (χ3n) is 6.66. The fourth-order valence-corrected chi connectivity index (χ4v) is 7.20. The molecule has 2 unspecified atom stereocenters. The van der Waals surface area contributed by atoms with Gasteiger partial charge in [-0.1, -0.05) is 17.4 Å². The first-order valence-corrected chi connectivity index (χ1v) is 14.8. The predicted molar refractivity (Wildman–Crippen MR) is 149 cm³/mol. The van der Waals surface area contributed by atoms with E-state index in [1.165, 1.54) is 27.8 Å². The Kier molecular flexibility index (Phi) is 8.35. The monoisotopic (exact) mass is 544 g/mol. The Morgan fingerprint density at radius 3 is 2.32 bits per heavy atom. The summed E-state index contributed by atoms with van der Waals surface area (Å²) in [5.41, 5.74) is 3.62. The Balaban J connectivity index is 1.62. The Bertz CT molecular complexity index is 1360. The Hall–Kier alpha value is -2.37. The van der Waals surface area contributed by atoms with Crippen molar-refractivity contribution < 1.29 is 17.9 Å². The molecule has 0 aliphatic carbocycles. The summed E-state index contributed by atoms with van der Waals surface area (Å²) in [6.45, 7) is 9.81. The topological polar surface area (TPSA) is 83.1 Å². The minimum absolute atomic E-state index is 0.170. The van der Waals surface area contributed by atoms with Gasteiger partial charge in [0.15, 0.2) is 5.13 Å². The molecule has 1 aliphatic heterocycles. The van der Waals surface area contributed by atoms with E-state index in [4.69, 9.17) is 9.72 Å². The van der Waals surface area contributed by atoms with Crippen LogP contribution in [0.4, 0.5) is 5.13 Å². The molecule has 1 saturated heterocycles. The molecule has 3 aromatic rings. The molecule has 1 aliphatic rings. The number of thiazole rings is 1. The molecule has 2 aromatic carbocycles. The fraction of sp³-hybridized carbons (Fsp3) is 0.481. The Morgan fingerprint density at radius 2 is 1.70 bits per heavy atom. The number of sulfonamides is 1. The highest BCUT2D eigenvalue weighted by Crippen LogP contribution is 2.33. The van der Waals surface area contributed by atoms with Gasteiger partial charge in [0.25, 0.3) is 5.91 Å². The number of anilines is 1. The van der Waals surface area contributed by atoms with Crippen LogP contribution < -0.4 is 4.90 Å². The molecule has 200 valence electrons. The third kappa shape index (κ3) is 6.04. The minimum Gasteiger partial charge on any atom is -0.373 e. The molecule has 2 atom stereocenters. The number of aryl methyl sites for hydroxylation is 2. The predicted octanol–water partition coefficient (Wildman–Crippen LogP) is 4.31. The normalized spacial score (nSPS) is 19.0. The summed E-state index contributed by atoms with van der Waals surface area (Å²) in [7, 11) is 0.330. The zero-order chi connectivity index (χ0) is 26.9. The molecule has 0 spiro atoms. The van der Waals surface area contributed by atoms with Gasteiger partial charge >= 0.3 is 0 Å². The molecule has 1 fully saturated rings. The third-order valence-corrected chi connectivity index (χ3v) is 9.55. The van der Waals surface area contributed by atoms with Crippen LogP contribution in [0.3, 0.4) is 0 Å². The van der Waals surface area contributed by atoms with Crippen molar-refractivity contribution in [1.29, 1.82) is 0 Å². The Labute approximate surface area is 223 Å². The summed E-state index contributed by atoms with van der Waals surface area (Å²) in [4.78, 5) is 22.5. The number of hydrogen-bond acceptors (Lipinski definition) is 7. The van der Waals surface area contributed by atoms with Crippen molar-refractivity contribution in [3.8, 4) is 0 Å². The second-order valence-electron chi connectivity index (χ2n) is 10.1. The summed E-state index contributed by atoms with van der Waals surface area (Å²) >= 11 is 1.50. The first-order chi connectivity index (χ1) is 17.5. The second-order valence-corrected chi connectivity index (χ2v) is 13.0. The van der Waals surface area contributed by atoms with Crippen LogP contribution in [0.5, 0.6) is 0 Å². The van der Waals surface area contributed by atoms with Crippen LogP contribution in [0.1, 0.15) is 41.8 Å². The van der Waals surface area contributed by atoms with E-state index in [2.05, 4.69) is 24.8 Å². The van der Waals surface area contributed by atoms with Gasteiger partial charge in [-0.15, -0.1) is 0 Å². The first-order valence-electron chi connectivity index (χ1n) is 12.6. The van der Waals surface area contributed by atoms with Crippen LogP contribution >= 0.6 is 11.3 Å². The highest BCUT2D eigenvalue weighted by atomic mass is 32.2. The van der Waals surface area contributed by atoms with E-state index in [0.29, 0.717) is 30.3 Å². The van der Waals surface area contributed by atoms with Crippen molar-refractivity contribution in [2.45, 2.75) is 51.2 Å². The lowest BCUT2D eigenvalue weighted by atomic mass is 10.1. The van der Waals surface area contributed by atoms with E-state index in [9.17, 15) is 13.2 Å². The van der Waals surface area contributed by atoms with Crippen molar-refractivity contribution in [1.82, 2.24) is 14.2 Å². The number of rotatable bonds is 8. The lowest BCUT2D eigenvalue weighted by molar-refractivity contribution is -0.0440. The molecule has 0 radical (unpaired) electrons. The maximum atomic E-state index is 13.7. The SMILES string of the molecule is Cc1ccc2sc(N(CCCN(C)C)C(=O)c3ccc(S(=O)(=O)N4CC(C)OC(C)C4)cc3)nc2c1C. The zero-order valence-electron chi connectivity index (χ0n) is 22.4. The van der Waals surface area contributed by atoms with Crippen molar-refractivity contribution in [3.05, 3.63) is 53.1 Å². The number of amides is 1. The number of benzene rings is 2. The van der Waals surface area contributed by atoms with Gasteiger partial charge in [0.2, 0.25) is 10.0 Å². The summed E-state index contributed by atoms with van der Waals surface area (Å²) in [5.74, 6) is -0.190. The average Bonchev–Trinajstić information content (AvgIpc) is 3.28. The number of morpholine rings is 1. The van der Waals surface area contributed by atoms with E-state index in [0.717, 1.165) is 34.3 Å². The maximum Gasteiger partial charge on any atom is 0.260 e. The van der Waals surface area contributed by atoms with Gasteiger partial charge in [-0.3, -0.25) is 9.69 Å².